The number of halogens is 1. The highest BCUT2D eigenvalue weighted by molar-refractivity contribution is 7.22. The first kappa shape index (κ1) is 14.1. The second-order valence-corrected chi connectivity index (χ2v) is 6.45. The van der Waals surface area contributed by atoms with E-state index in [-0.39, 0.29) is 17.6 Å². The van der Waals surface area contributed by atoms with Gasteiger partial charge in [-0.1, -0.05) is 11.3 Å². The Morgan fingerprint density at radius 2 is 2.22 bits per heavy atom. The molecule has 0 saturated carbocycles. The van der Waals surface area contributed by atoms with Crippen molar-refractivity contribution in [1.82, 2.24) is 9.97 Å². The van der Waals surface area contributed by atoms with Crippen LogP contribution in [-0.4, -0.2) is 29.0 Å². The Balaban J connectivity index is 1.41. The van der Waals surface area contributed by atoms with Gasteiger partial charge in [0.25, 0.3) is 0 Å². The molecule has 3 heterocycles. The summed E-state index contributed by atoms with van der Waals surface area (Å²) in [6, 6.07) is 8.17. The first-order valence-corrected chi connectivity index (χ1v) is 8.02. The summed E-state index contributed by atoms with van der Waals surface area (Å²) in [6.45, 7) is 1.24. The van der Waals surface area contributed by atoms with Crippen molar-refractivity contribution in [3.8, 4) is 0 Å². The number of hydrogen-bond acceptors (Lipinski definition) is 5. The molecule has 1 aliphatic rings. The van der Waals surface area contributed by atoms with Crippen LogP contribution < -0.4 is 10.2 Å². The predicted octanol–water partition coefficient (Wildman–Crippen LogP) is 2.91. The number of rotatable bonds is 3. The smallest absolute Gasteiger partial charge is 0.231 e. The molecule has 5 nitrogen and oxygen atoms in total. The molecule has 1 amide bonds. The van der Waals surface area contributed by atoms with E-state index in [9.17, 15) is 9.18 Å². The van der Waals surface area contributed by atoms with E-state index in [1.165, 1.54) is 23.5 Å². The highest BCUT2D eigenvalue weighted by atomic mass is 32.1. The zero-order chi connectivity index (χ0) is 15.8. The minimum atomic E-state index is -0.259. The van der Waals surface area contributed by atoms with Gasteiger partial charge in [0, 0.05) is 19.3 Å². The average Bonchev–Trinajstić information content (AvgIpc) is 2.89. The zero-order valence-electron chi connectivity index (χ0n) is 12.1. The lowest BCUT2D eigenvalue weighted by atomic mass is 10.00. The van der Waals surface area contributed by atoms with Gasteiger partial charge in [-0.05, 0) is 30.3 Å². The van der Waals surface area contributed by atoms with Crippen LogP contribution in [0.25, 0.3) is 10.2 Å². The van der Waals surface area contributed by atoms with E-state index in [2.05, 4.69) is 15.3 Å². The van der Waals surface area contributed by atoms with Gasteiger partial charge in [-0.2, -0.15) is 0 Å². The summed E-state index contributed by atoms with van der Waals surface area (Å²) in [6.07, 6.45) is 3.28. The van der Waals surface area contributed by atoms with Crippen molar-refractivity contribution >= 4 is 38.3 Å². The number of aromatic nitrogens is 2. The SMILES string of the molecule is O=C(Nc1cccnc1)C1CN(c2nc3ccc(F)cc3s2)C1. The van der Waals surface area contributed by atoms with E-state index in [0.717, 1.165) is 15.3 Å². The molecule has 0 radical (unpaired) electrons. The van der Waals surface area contributed by atoms with Crippen molar-refractivity contribution in [3.63, 3.8) is 0 Å². The van der Waals surface area contributed by atoms with Crippen molar-refractivity contribution in [3.05, 3.63) is 48.5 Å². The number of nitrogens with one attached hydrogen (secondary N) is 1. The van der Waals surface area contributed by atoms with Gasteiger partial charge in [0.15, 0.2) is 5.13 Å². The summed E-state index contributed by atoms with van der Waals surface area (Å²) < 4.78 is 14.0. The molecule has 116 valence electrons. The normalized spacial score (nSPS) is 14.7. The Hall–Kier alpha value is -2.54. The first-order chi connectivity index (χ1) is 11.2. The highest BCUT2D eigenvalue weighted by Crippen LogP contribution is 2.33. The fourth-order valence-corrected chi connectivity index (χ4v) is 3.51. The van der Waals surface area contributed by atoms with Gasteiger partial charge in [-0.25, -0.2) is 9.37 Å². The molecule has 1 N–H and O–H groups in total. The maximum Gasteiger partial charge on any atom is 0.231 e. The van der Waals surface area contributed by atoms with Crippen LogP contribution in [0.15, 0.2) is 42.7 Å². The molecule has 1 aromatic carbocycles. The fourth-order valence-electron chi connectivity index (χ4n) is 2.50. The van der Waals surface area contributed by atoms with Gasteiger partial charge >= 0.3 is 0 Å². The topological polar surface area (TPSA) is 58.1 Å². The maximum atomic E-state index is 13.2. The third-order valence-corrected chi connectivity index (χ3v) is 4.87. The predicted molar refractivity (Wildman–Crippen MR) is 88.1 cm³/mol. The van der Waals surface area contributed by atoms with Crippen molar-refractivity contribution in [2.24, 2.45) is 5.92 Å². The Morgan fingerprint density at radius 3 is 3.00 bits per heavy atom. The number of carbonyl (C=O) groups excluding carboxylic acids is 1. The highest BCUT2D eigenvalue weighted by Gasteiger charge is 2.34. The lowest BCUT2D eigenvalue weighted by Gasteiger charge is -2.37. The summed E-state index contributed by atoms with van der Waals surface area (Å²) in [4.78, 5) is 22.7. The Morgan fingerprint density at radius 1 is 1.35 bits per heavy atom. The van der Waals surface area contributed by atoms with Gasteiger partial charge in [0.1, 0.15) is 5.82 Å². The Bertz CT molecular complexity index is 861. The molecule has 2 aromatic heterocycles. The third-order valence-electron chi connectivity index (χ3n) is 3.79. The van der Waals surface area contributed by atoms with Crippen molar-refractivity contribution < 1.29 is 9.18 Å². The van der Waals surface area contributed by atoms with E-state index in [1.807, 2.05) is 11.0 Å². The largest absolute Gasteiger partial charge is 0.346 e. The molecule has 23 heavy (non-hydrogen) atoms. The Labute approximate surface area is 135 Å². The van der Waals surface area contributed by atoms with Gasteiger partial charge < -0.3 is 10.2 Å². The minimum Gasteiger partial charge on any atom is -0.346 e. The van der Waals surface area contributed by atoms with Gasteiger partial charge in [0.2, 0.25) is 5.91 Å². The fraction of sp³-hybridized carbons (Fsp3) is 0.188. The quantitative estimate of drug-likeness (QED) is 0.803. The number of pyridine rings is 1. The molecule has 1 aliphatic heterocycles. The number of hydrogen-bond donors (Lipinski definition) is 1. The second kappa shape index (κ2) is 5.58. The summed E-state index contributed by atoms with van der Waals surface area (Å²) in [5.41, 5.74) is 1.49. The minimum absolute atomic E-state index is 0.0126. The van der Waals surface area contributed by atoms with Crippen LogP contribution in [0.2, 0.25) is 0 Å². The molecular formula is C16H13FN4OS. The van der Waals surface area contributed by atoms with E-state index < -0.39 is 0 Å². The first-order valence-electron chi connectivity index (χ1n) is 7.21. The van der Waals surface area contributed by atoms with E-state index in [1.54, 1.807) is 24.5 Å². The Kier molecular flexibility index (Phi) is 3.42. The monoisotopic (exact) mass is 328 g/mol. The maximum absolute atomic E-state index is 13.2. The van der Waals surface area contributed by atoms with Crippen LogP contribution in [0, 0.1) is 11.7 Å². The zero-order valence-corrected chi connectivity index (χ0v) is 12.9. The summed E-state index contributed by atoms with van der Waals surface area (Å²) in [7, 11) is 0. The number of thiazole rings is 1. The van der Waals surface area contributed by atoms with Crippen molar-refractivity contribution in [1.29, 1.82) is 0 Å². The number of carbonyl (C=O) groups is 1. The molecule has 3 aromatic rings. The second-order valence-electron chi connectivity index (χ2n) is 5.44. The van der Waals surface area contributed by atoms with Crippen LogP contribution in [-0.2, 0) is 4.79 Å². The molecule has 0 atom stereocenters. The van der Waals surface area contributed by atoms with Crippen LogP contribution >= 0.6 is 11.3 Å². The molecule has 0 aliphatic carbocycles. The van der Waals surface area contributed by atoms with Crippen molar-refractivity contribution in [2.75, 3.05) is 23.3 Å². The summed E-state index contributed by atoms with van der Waals surface area (Å²) in [5, 5.41) is 3.68. The molecule has 0 unspecified atom stereocenters. The van der Waals surface area contributed by atoms with Crippen LogP contribution in [0.4, 0.5) is 15.2 Å². The summed E-state index contributed by atoms with van der Waals surface area (Å²) in [5.74, 6) is -0.342. The van der Waals surface area contributed by atoms with Crippen LogP contribution in [0.5, 0.6) is 0 Å². The van der Waals surface area contributed by atoms with Gasteiger partial charge in [0.05, 0.1) is 28.0 Å². The summed E-state index contributed by atoms with van der Waals surface area (Å²) >= 11 is 1.45. The van der Waals surface area contributed by atoms with Crippen LogP contribution in [0.1, 0.15) is 0 Å². The van der Waals surface area contributed by atoms with E-state index in [4.69, 9.17) is 0 Å². The molecule has 4 rings (SSSR count). The van der Waals surface area contributed by atoms with Crippen LogP contribution in [0.3, 0.4) is 0 Å². The average molecular weight is 328 g/mol. The molecule has 0 spiro atoms. The molecule has 7 heteroatoms. The standard InChI is InChI=1S/C16H13FN4OS/c17-11-3-4-13-14(6-11)23-16(20-13)21-8-10(9-21)15(22)19-12-2-1-5-18-7-12/h1-7,10H,8-9H2,(H,19,22). The number of benzene rings is 1. The number of nitrogens with zero attached hydrogens (tertiary/aromatic N) is 3. The van der Waals surface area contributed by atoms with E-state index in [0.29, 0.717) is 18.8 Å². The number of anilines is 2. The van der Waals surface area contributed by atoms with E-state index >= 15 is 0 Å². The molecule has 1 fully saturated rings. The third kappa shape index (κ3) is 2.75. The number of fused-ring (bicyclic) bond motifs is 1. The molecule has 1 saturated heterocycles. The van der Waals surface area contributed by atoms with Gasteiger partial charge in [-0.15, -0.1) is 0 Å². The lowest BCUT2D eigenvalue weighted by Crippen LogP contribution is -2.52. The number of amides is 1. The molecule has 0 bridgehead atoms. The molecular weight excluding hydrogens is 315 g/mol. The van der Waals surface area contributed by atoms with Gasteiger partial charge in [-0.3, -0.25) is 9.78 Å². The lowest BCUT2D eigenvalue weighted by molar-refractivity contribution is -0.120. The van der Waals surface area contributed by atoms with Crippen molar-refractivity contribution in [2.45, 2.75) is 0 Å².